The molecule has 0 saturated heterocycles. The zero-order valence-electron chi connectivity index (χ0n) is 22.2. The standard InChI is InChI=1S/2C14H19NO4/c1-2-3-4-5-6-13(14(16)17)11-7-9-12(10-8-11)15(18)19;1-2-3-4-5-6-7-14(16)19-13-10-8-12(9-11-13)15(17)18/h7-10,13H,2-6H2,1H3,(H,16,17);8-11H,2-7H2,1H3. The molecule has 10 heteroatoms. The van der Waals surface area contributed by atoms with Crippen LogP contribution in [0.4, 0.5) is 11.4 Å². The largest absolute Gasteiger partial charge is 0.481 e. The second kappa shape index (κ2) is 18.4. The van der Waals surface area contributed by atoms with E-state index in [1.165, 1.54) is 61.4 Å². The summed E-state index contributed by atoms with van der Waals surface area (Å²) >= 11 is 0. The molecule has 0 amide bonds. The van der Waals surface area contributed by atoms with Crippen molar-refractivity contribution in [1.82, 2.24) is 0 Å². The number of nitro groups is 2. The Morgan fingerprint density at radius 2 is 1.24 bits per heavy atom. The van der Waals surface area contributed by atoms with Crippen LogP contribution in [0.5, 0.6) is 5.75 Å². The van der Waals surface area contributed by atoms with Gasteiger partial charge in [-0.2, -0.15) is 0 Å². The van der Waals surface area contributed by atoms with Crippen LogP contribution in [0.25, 0.3) is 0 Å². The molecule has 0 aliphatic heterocycles. The molecule has 2 aromatic rings. The zero-order valence-corrected chi connectivity index (χ0v) is 22.2. The molecule has 0 aromatic heterocycles. The molecule has 0 spiro atoms. The third kappa shape index (κ3) is 12.9. The van der Waals surface area contributed by atoms with E-state index in [0.717, 1.165) is 44.9 Å². The number of unbranched alkanes of at least 4 members (excludes halogenated alkanes) is 7. The molecule has 2 rings (SSSR count). The van der Waals surface area contributed by atoms with E-state index in [2.05, 4.69) is 13.8 Å². The van der Waals surface area contributed by atoms with E-state index >= 15 is 0 Å². The molecule has 0 fully saturated rings. The lowest BCUT2D eigenvalue weighted by molar-refractivity contribution is -0.385. The van der Waals surface area contributed by atoms with Gasteiger partial charge >= 0.3 is 11.9 Å². The molecule has 1 N–H and O–H groups in total. The van der Waals surface area contributed by atoms with Crippen molar-refractivity contribution in [2.75, 3.05) is 0 Å². The smallest absolute Gasteiger partial charge is 0.311 e. The first kappa shape index (κ1) is 32.2. The molecular formula is C28H38N2O8. The van der Waals surface area contributed by atoms with Crippen LogP contribution < -0.4 is 4.74 Å². The highest BCUT2D eigenvalue weighted by atomic mass is 16.6. The van der Waals surface area contributed by atoms with Crippen LogP contribution in [0.3, 0.4) is 0 Å². The summed E-state index contributed by atoms with van der Waals surface area (Å²) in [5.41, 5.74) is 0.604. The number of non-ortho nitro benzene ring substituents is 2. The highest BCUT2D eigenvalue weighted by Gasteiger charge is 2.20. The fraction of sp³-hybridized carbons (Fsp3) is 0.500. The van der Waals surface area contributed by atoms with Crippen LogP contribution >= 0.6 is 0 Å². The SMILES string of the molecule is CCCCCCC(C(=O)O)c1ccc([N+](=O)[O-])cc1.CCCCCCCC(=O)Oc1ccc([N+](=O)[O-])cc1. The monoisotopic (exact) mass is 530 g/mol. The summed E-state index contributed by atoms with van der Waals surface area (Å²) in [6, 6.07) is 11.3. The van der Waals surface area contributed by atoms with Crippen LogP contribution in [0, 0.1) is 20.2 Å². The average Bonchev–Trinajstić information content (AvgIpc) is 2.89. The number of carboxylic acid groups (broad SMARTS) is 1. The van der Waals surface area contributed by atoms with Crippen molar-refractivity contribution in [3.63, 3.8) is 0 Å². The first-order valence-electron chi connectivity index (χ1n) is 13.1. The minimum atomic E-state index is -0.870. The third-order valence-electron chi connectivity index (χ3n) is 5.91. The molecule has 0 saturated carbocycles. The zero-order chi connectivity index (χ0) is 28.3. The van der Waals surface area contributed by atoms with E-state index in [0.29, 0.717) is 24.2 Å². The summed E-state index contributed by atoms with van der Waals surface area (Å²) in [5, 5.41) is 30.2. The van der Waals surface area contributed by atoms with Crippen LogP contribution in [-0.2, 0) is 9.59 Å². The van der Waals surface area contributed by atoms with Crippen molar-refractivity contribution in [3.05, 3.63) is 74.3 Å². The number of ether oxygens (including phenoxy) is 1. The van der Waals surface area contributed by atoms with E-state index in [1.54, 1.807) is 0 Å². The number of nitro benzene ring substituents is 2. The number of hydrogen-bond donors (Lipinski definition) is 1. The summed E-state index contributed by atoms with van der Waals surface area (Å²) < 4.78 is 5.09. The number of carboxylic acids is 1. The van der Waals surface area contributed by atoms with Gasteiger partial charge in [-0.25, -0.2) is 0 Å². The van der Waals surface area contributed by atoms with Gasteiger partial charge in [0.1, 0.15) is 5.75 Å². The minimum Gasteiger partial charge on any atom is -0.481 e. The van der Waals surface area contributed by atoms with Crippen LogP contribution in [0.15, 0.2) is 48.5 Å². The number of aliphatic carboxylic acids is 1. The average molecular weight is 531 g/mol. The Hall–Kier alpha value is -3.82. The van der Waals surface area contributed by atoms with E-state index in [9.17, 15) is 34.9 Å². The molecule has 0 aliphatic rings. The first-order chi connectivity index (χ1) is 18.2. The molecule has 1 unspecified atom stereocenters. The number of rotatable bonds is 16. The van der Waals surface area contributed by atoms with E-state index in [1.807, 2.05) is 0 Å². The van der Waals surface area contributed by atoms with Crippen molar-refractivity contribution in [2.45, 2.75) is 90.4 Å². The van der Waals surface area contributed by atoms with Gasteiger partial charge in [0.2, 0.25) is 0 Å². The Balaban J connectivity index is 0.000000380. The quantitative estimate of drug-likeness (QED) is 0.0766. The third-order valence-corrected chi connectivity index (χ3v) is 5.91. The molecule has 0 heterocycles. The van der Waals surface area contributed by atoms with Crippen molar-refractivity contribution >= 4 is 23.3 Å². The Kier molecular flexibility index (Phi) is 15.6. The predicted octanol–water partition coefficient (Wildman–Crippen LogP) is 7.59. The van der Waals surface area contributed by atoms with Crippen molar-refractivity contribution in [1.29, 1.82) is 0 Å². The number of benzene rings is 2. The van der Waals surface area contributed by atoms with E-state index in [4.69, 9.17) is 4.74 Å². The van der Waals surface area contributed by atoms with Gasteiger partial charge in [-0.15, -0.1) is 0 Å². The van der Waals surface area contributed by atoms with Gasteiger partial charge in [-0.3, -0.25) is 29.8 Å². The molecule has 0 radical (unpaired) electrons. The Bertz CT molecular complexity index is 1000. The highest BCUT2D eigenvalue weighted by Crippen LogP contribution is 2.25. The molecule has 0 bridgehead atoms. The molecule has 208 valence electrons. The second-order valence-electron chi connectivity index (χ2n) is 8.98. The topological polar surface area (TPSA) is 150 Å². The minimum absolute atomic E-state index is 0.0145. The normalized spacial score (nSPS) is 11.1. The van der Waals surface area contributed by atoms with Gasteiger partial charge in [0.15, 0.2) is 0 Å². The van der Waals surface area contributed by atoms with Crippen molar-refractivity contribution in [3.8, 4) is 5.75 Å². The second-order valence-corrected chi connectivity index (χ2v) is 8.98. The molecule has 2 aromatic carbocycles. The summed E-state index contributed by atoms with van der Waals surface area (Å²) in [7, 11) is 0. The number of hydrogen-bond acceptors (Lipinski definition) is 7. The van der Waals surface area contributed by atoms with Crippen LogP contribution in [-0.4, -0.2) is 26.9 Å². The van der Waals surface area contributed by atoms with Gasteiger partial charge in [-0.05, 0) is 30.5 Å². The number of nitrogens with zero attached hydrogens (tertiary/aromatic N) is 2. The van der Waals surface area contributed by atoms with Gasteiger partial charge in [0.05, 0.1) is 15.8 Å². The highest BCUT2D eigenvalue weighted by molar-refractivity contribution is 5.76. The summed E-state index contributed by atoms with van der Waals surface area (Å²) in [5.74, 6) is -1.38. The fourth-order valence-corrected chi connectivity index (χ4v) is 3.73. The Labute approximate surface area is 223 Å². The van der Waals surface area contributed by atoms with Gasteiger partial charge in [0, 0.05) is 30.7 Å². The van der Waals surface area contributed by atoms with Crippen LogP contribution in [0.2, 0.25) is 0 Å². The lowest BCUT2D eigenvalue weighted by atomic mass is 9.93. The summed E-state index contributed by atoms with van der Waals surface area (Å²) in [4.78, 5) is 42.8. The molecule has 0 aliphatic carbocycles. The maximum atomic E-state index is 11.5. The predicted molar refractivity (Wildman–Crippen MR) is 144 cm³/mol. The summed E-state index contributed by atoms with van der Waals surface area (Å²) in [6.07, 6.45) is 10.4. The van der Waals surface area contributed by atoms with Gasteiger partial charge in [-0.1, -0.05) is 77.3 Å². The summed E-state index contributed by atoms with van der Waals surface area (Å²) in [6.45, 7) is 4.24. The van der Waals surface area contributed by atoms with Crippen molar-refractivity contribution < 1.29 is 29.3 Å². The van der Waals surface area contributed by atoms with Crippen LogP contribution in [0.1, 0.15) is 96.0 Å². The molecule has 10 nitrogen and oxygen atoms in total. The molecule has 38 heavy (non-hydrogen) atoms. The van der Waals surface area contributed by atoms with E-state index < -0.39 is 21.7 Å². The van der Waals surface area contributed by atoms with Crippen molar-refractivity contribution in [2.24, 2.45) is 0 Å². The van der Waals surface area contributed by atoms with Gasteiger partial charge in [0.25, 0.3) is 11.4 Å². The Morgan fingerprint density at radius 1 is 0.763 bits per heavy atom. The number of esters is 1. The maximum Gasteiger partial charge on any atom is 0.311 e. The molecule has 1 atom stereocenters. The maximum absolute atomic E-state index is 11.5. The molecular weight excluding hydrogens is 492 g/mol. The number of carbonyl (C=O) groups excluding carboxylic acids is 1. The van der Waals surface area contributed by atoms with E-state index in [-0.39, 0.29) is 17.3 Å². The number of carbonyl (C=O) groups is 2. The lowest BCUT2D eigenvalue weighted by Crippen LogP contribution is -2.11. The Morgan fingerprint density at radius 3 is 1.71 bits per heavy atom. The van der Waals surface area contributed by atoms with Gasteiger partial charge < -0.3 is 9.84 Å². The first-order valence-corrected chi connectivity index (χ1v) is 13.1. The fourth-order valence-electron chi connectivity index (χ4n) is 3.73. The lowest BCUT2D eigenvalue weighted by Gasteiger charge is -2.12.